The number of aromatic amines is 1. The van der Waals surface area contributed by atoms with Crippen LogP contribution >= 0.6 is 11.6 Å². The van der Waals surface area contributed by atoms with Crippen molar-refractivity contribution in [3.63, 3.8) is 0 Å². The first-order chi connectivity index (χ1) is 9.13. The van der Waals surface area contributed by atoms with Gasteiger partial charge < -0.3 is 10.3 Å². The molecule has 0 bridgehead atoms. The number of carbonyl (C=O) groups is 1. The molecule has 1 amide bonds. The van der Waals surface area contributed by atoms with Crippen molar-refractivity contribution in [3.05, 3.63) is 27.6 Å². The average molecular weight is 322 g/mol. The highest BCUT2D eigenvalue weighted by molar-refractivity contribution is 7.89. The average Bonchev–Trinajstić information content (AvgIpc) is 2.31. The van der Waals surface area contributed by atoms with Crippen LogP contribution in [0.25, 0.3) is 0 Å². The zero-order valence-corrected chi connectivity index (χ0v) is 12.8. The van der Waals surface area contributed by atoms with Crippen molar-refractivity contribution in [1.82, 2.24) is 15.0 Å². The van der Waals surface area contributed by atoms with E-state index in [0.29, 0.717) is 0 Å². The van der Waals surface area contributed by atoms with Gasteiger partial charge in [0.15, 0.2) is 0 Å². The molecule has 3 N–H and O–H groups in total. The molecule has 1 unspecified atom stereocenters. The van der Waals surface area contributed by atoms with E-state index in [1.807, 2.05) is 0 Å². The lowest BCUT2D eigenvalue weighted by molar-refractivity contribution is -0.122. The number of hydrogen-bond acceptors (Lipinski definition) is 4. The molecule has 1 heterocycles. The van der Waals surface area contributed by atoms with Crippen LogP contribution in [0.5, 0.6) is 0 Å². The van der Waals surface area contributed by atoms with Crippen LogP contribution in [-0.4, -0.2) is 31.4 Å². The van der Waals surface area contributed by atoms with Gasteiger partial charge in [0.2, 0.25) is 15.9 Å². The van der Waals surface area contributed by atoms with Crippen LogP contribution < -0.4 is 15.6 Å². The quantitative estimate of drug-likeness (QED) is 0.721. The number of hydrogen-bond donors (Lipinski definition) is 3. The van der Waals surface area contributed by atoms with Crippen LogP contribution in [0.4, 0.5) is 0 Å². The lowest BCUT2D eigenvalue weighted by Crippen LogP contribution is -2.46. The second-order valence-electron chi connectivity index (χ2n) is 4.52. The number of nitrogens with one attached hydrogen (secondary N) is 3. The molecule has 0 aliphatic heterocycles. The Labute approximate surface area is 121 Å². The molecule has 1 aromatic heterocycles. The smallest absolute Gasteiger partial charge is 0.266 e. The van der Waals surface area contributed by atoms with Crippen LogP contribution in [0.15, 0.2) is 22.0 Å². The topological polar surface area (TPSA) is 108 Å². The summed E-state index contributed by atoms with van der Waals surface area (Å²) in [6.07, 6.45) is 1.02. The minimum absolute atomic E-state index is 0.100. The zero-order valence-electron chi connectivity index (χ0n) is 11.2. The minimum atomic E-state index is -3.95. The predicted octanol–water partition coefficient (Wildman–Crippen LogP) is 0.220. The Bertz CT molecular complexity index is 654. The fourth-order valence-corrected chi connectivity index (χ4v) is 2.79. The first-order valence-corrected chi connectivity index (χ1v) is 7.70. The van der Waals surface area contributed by atoms with E-state index < -0.39 is 27.5 Å². The summed E-state index contributed by atoms with van der Waals surface area (Å²) in [6, 6.07) is -0.0272. The highest BCUT2D eigenvalue weighted by Crippen LogP contribution is 2.10. The third kappa shape index (κ3) is 4.32. The zero-order chi connectivity index (χ0) is 15.5. The third-order valence-electron chi connectivity index (χ3n) is 2.30. The summed E-state index contributed by atoms with van der Waals surface area (Å²) in [6.45, 7) is 4.95. The van der Waals surface area contributed by atoms with Crippen molar-refractivity contribution < 1.29 is 13.2 Å². The van der Waals surface area contributed by atoms with Gasteiger partial charge in [-0.3, -0.25) is 9.59 Å². The monoisotopic (exact) mass is 321 g/mol. The number of halogens is 1. The van der Waals surface area contributed by atoms with Crippen molar-refractivity contribution in [2.24, 2.45) is 0 Å². The van der Waals surface area contributed by atoms with E-state index in [-0.39, 0.29) is 16.0 Å². The van der Waals surface area contributed by atoms with Gasteiger partial charge in [0.05, 0.1) is 10.9 Å². The van der Waals surface area contributed by atoms with Gasteiger partial charge >= 0.3 is 0 Å². The normalized spacial score (nSPS) is 13.2. The third-order valence-corrected chi connectivity index (χ3v) is 4.10. The molecule has 0 saturated heterocycles. The number of H-pyrrole nitrogens is 1. The summed E-state index contributed by atoms with van der Waals surface area (Å²) in [4.78, 5) is 24.7. The Morgan fingerprint density at radius 1 is 1.35 bits per heavy atom. The SMILES string of the molecule is CC(C)NC(=O)C(C)NS(=O)(=O)c1c[nH]c(=O)c(Cl)c1. The van der Waals surface area contributed by atoms with Crippen molar-refractivity contribution in [3.8, 4) is 0 Å². The standard InChI is InChI=1S/C11H16ClN3O4S/c1-6(2)14-10(16)7(3)15-20(18,19)8-4-9(12)11(17)13-5-8/h4-7,15H,1-3H3,(H,13,17)(H,14,16). The summed E-state index contributed by atoms with van der Waals surface area (Å²) in [7, 11) is -3.95. The van der Waals surface area contributed by atoms with E-state index >= 15 is 0 Å². The van der Waals surface area contributed by atoms with Crippen LogP contribution in [-0.2, 0) is 14.8 Å². The Morgan fingerprint density at radius 3 is 2.45 bits per heavy atom. The van der Waals surface area contributed by atoms with Crippen molar-refractivity contribution in [1.29, 1.82) is 0 Å². The number of rotatable bonds is 5. The van der Waals surface area contributed by atoms with Crippen LogP contribution in [0.2, 0.25) is 5.02 Å². The molecule has 9 heteroatoms. The molecule has 0 saturated carbocycles. The Morgan fingerprint density at radius 2 is 1.95 bits per heavy atom. The van der Waals surface area contributed by atoms with E-state index in [0.717, 1.165) is 12.3 Å². The van der Waals surface area contributed by atoms with Gasteiger partial charge in [-0.2, -0.15) is 4.72 Å². The van der Waals surface area contributed by atoms with Gasteiger partial charge in [-0.15, -0.1) is 0 Å². The lowest BCUT2D eigenvalue weighted by atomic mass is 10.3. The van der Waals surface area contributed by atoms with Gasteiger partial charge in [-0.1, -0.05) is 11.6 Å². The van der Waals surface area contributed by atoms with Crippen molar-refractivity contribution >= 4 is 27.5 Å². The predicted molar refractivity (Wildman–Crippen MR) is 75.1 cm³/mol. The number of carbonyl (C=O) groups excluding carboxylic acids is 1. The molecule has 0 aliphatic carbocycles. The maximum atomic E-state index is 12.0. The maximum absolute atomic E-state index is 12.0. The summed E-state index contributed by atoms with van der Waals surface area (Å²) in [5, 5.41) is 2.34. The van der Waals surface area contributed by atoms with Gasteiger partial charge in [0.25, 0.3) is 5.56 Å². The van der Waals surface area contributed by atoms with Gasteiger partial charge in [-0.05, 0) is 26.8 Å². The highest BCUT2D eigenvalue weighted by Gasteiger charge is 2.23. The van der Waals surface area contributed by atoms with Crippen LogP contribution in [0, 0.1) is 0 Å². The first-order valence-electron chi connectivity index (χ1n) is 5.84. The van der Waals surface area contributed by atoms with E-state index in [2.05, 4.69) is 15.0 Å². The van der Waals surface area contributed by atoms with Crippen molar-refractivity contribution in [2.45, 2.75) is 37.8 Å². The van der Waals surface area contributed by atoms with Gasteiger partial charge in [-0.25, -0.2) is 8.42 Å². The molecule has 1 aromatic rings. The first kappa shape index (κ1) is 16.7. The molecular formula is C11H16ClN3O4S. The van der Waals surface area contributed by atoms with Gasteiger partial charge in [0, 0.05) is 12.2 Å². The van der Waals surface area contributed by atoms with E-state index in [1.165, 1.54) is 6.92 Å². The molecule has 0 fully saturated rings. The van der Waals surface area contributed by atoms with Gasteiger partial charge in [0.1, 0.15) is 5.02 Å². The van der Waals surface area contributed by atoms with E-state index in [9.17, 15) is 18.0 Å². The van der Waals surface area contributed by atoms with Crippen LogP contribution in [0.1, 0.15) is 20.8 Å². The number of pyridine rings is 1. The fraction of sp³-hybridized carbons (Fsp3) is 0.455. The second kappa shape index (κ2) is 6.38. The molecular weight excluding hydrogens is 306 g/mol. The summed E-state index contributed by atoms with van der Waals surface area (Å²) in [5.41, 5.74) is -0.587. The highest BCUT2D eigenvalue weighted by atomic mass is 35.5. The number of sulfonamides is 1. The lowest BCUT2D eigenvalue weighted by Gasteiger charge is -2.16. The largest absolute Gasteiger partial charge is 0.353 e. The molecule has 0 aromatic carbocycles. The Balaban J connectivity index is 2.92. The molecule has 1 atom stereocenters. The minimum Gasteiger partial charge on any atom is -0.353 e. The Kier molecular flexibility index (Phi) is 5.32. The van der Waals surface area contributed by atoms with Crippen molar-refractivity contribution in [2.75, 3.05) is 0 Å². The van der Waals surface area contributed by atoms with E-state index in [1.54, 1.807) is 13.8 Å². The molecule has 20 heavy (non-hydrogen) atoms. The summed E-state index contributed by atoms with van der Waals surface area (Å²) < 4.78 is 26.3. The van der Waals surface area contributed by atoms with E-state index in [4.69, 9.17) is 11.6 Å². The summed E-state index contributed by atoms with van der Waals surface area (Å²) >= 11 is 5.57. The molecule has 1 rings (SSSR count). The molecule has 0 radical (unpaired) electrons. The second-order valence-corrected chi connectivity index (χ2v) is 6.64. The maximum Gasteiger partial charge on any atom is 0.266 e. The molecule has 0 spiro atoms. The Hall–Kier alpha value is -1.38. The van der Waals surface area contributed by atoms with Crippen LogP contribution in [0.3, 0.4) is 0 Å². The fourth-order valence-electron chi connectivity index (χ4n) is 1.36. The molecule has 7 nitrogen and oxygen atoms in total. The number of aromatic nitrogens is 1. The number of amides is 1. The molecule has 112 valence electrons. The molecule has 0 aliphatic rings. The summed E-state index contributed by atoms with van der Waals surface area (Å²) in [5.74, 6) is -0.445.